The van der Waals surface area contributed by atoms with Gasteiger partial charge in [0.2, 0.25) is 0 Å². The molecule has 0 N–H and O–H groups in total. The van der Waals surface area contributed by atoms with Crippen LogP contribution in [0.3, 0.4) is 0 Å². The number of hydrogen-bond donors (Lipinski definition) is 0. The number of rotatable bonds is 2. The van der Waals surface area contributed by atoms with Gasteiger partial charge in [0.15, 0.2) is 5.65 Å². The van der Waals surface area contributed by atoms with Crippen LogP contribution in [0.2, 0.25) is 5.02 Å². The molecule has 0 radical (unpaired) electrons. The molecule has 0 aliphatic carbocycles. The van der Waals surface area contributed by atoms with Crippen molar-refractivity contribution in [2.45, 2.75) is 25.7 Å². The van der Waals surface area contributed by atoms with Crippen molar-refractivity contribution in [3.63, 3.8) is 0 Å². The molecule has 1 aliphatic heterocycles. The minimum atomic E-state index is -0.681. The highest BCUT2D eigenvalue weighted by atomic mass is 35.5. The van der Waals surface area contributed by atoms with Gasteiger partial charge < -0.3 is 4.74 Å². The molecule has 7 heteroatoms. The summed E-state index contributed by atoms with van der Waals surface area (Å²) in [6.45, 7) is 3.06. The maximum absolute atomic E-state index is 14.4. The van der Waals surface area contributed by atoms with Gasteiger partial charge in [-0.25, -0.2) is 23.7 Å². The van der Waals surface area contributed by atoms with Gasteiger partial charge in [0.1, 0.15) is 17.5 Å². The van der Waals surface area contributed by atoms with Crippen molar-refractivity contribution in [3.8, 4) is 11.3 Å². The van der Waals surface area contributed by atoms with Gasteiger partial charge in [0, 0.05) is 36.1 Å². The Morgan fingerprint density at radius 1 is 1.08 bits per heavy atom. The first-order valence-corrected chi connectivity index (χ1v) is 8.78. The van der Waals surface area contributed by atoms with Crippen LogP contribution in [0.15, 0.2) is 24.3 Å². The molecule has 1 aromatic carbocycles. The molecule has 0 bridgehead atoms. The summed E-state index contributed by atoms with van der Waals surface area (Å²) >= 11 is 6.21. The average Bonchev–Trinajstić information content (AvgIpc) is 2.63. The first-order valence-electron chi connectivity index (χ1n) is 8.41. The smallest absolute Gasteiger partial charge is 0.163 e. The molecule has 134 valence electrons. The lowest BCUT2D eigenvalue weighted by atomic mass is 9.98. The van der Waals surface area contributed by atoms with E-state index in [1.807, 2.05) is 0 Å². The van der Waals surface area contributed by atoms with E-state index >= 15 is 0 Å². The molecular formula is C19H16ClF2N3O. The Labute approximate surface area is 154 Å². The predicted molar refractivity (Wildman–Crippen MR) is 95.2 cm³/mol. The van der Waals surface area contributed by atoms with Crippen molar-refractivity contribution in [2.24, 2.45) is 0 Å². The van der Waals surface area contributed by atoms with E-state index in [-0.39, 0.29) is 11.5 Å². The van der Waals surface area contributed by atoms with Crippen molar-refractivity contribution < 1.29 is 13.5 Å². The van der Waals surface area contributed by atoms with Crippen LogP contribution in [0.25, 0.3) is 22.3 Å². The maximum Gasteiger partial charge on any atom is 0.163 e. The number of nitrogens with zero attached hydrogens (tertiary/aromatic N) is 3. The van der Waals surface area contributed by atoms with Gasteiger partial charge in [-0.05, 0) is 38.0 Å². The second-order valence-corrected chi connectivity index (χ2v) is 6.78. The molecule has 4 rings (SSSR count). The number of hydrogen-bond acceptors (Lipinski definition) is 4. The van der Waals surface area contributed by atoms with Crippen LogP contribution < -0.4 is 0 Å². The van der Waals surface area contributed by atoms with E-state index in [1.165, 1.54) is 12.1 Å². The fourth-order valence-electron chi connectivity index (χ4n) is 3.16. The topological polar surface area (TPSA) is 47.9 Å². The number of ether oxygens (including phenoxy) is 1. The normalized spacial score (nSPS) is 15.5. The van der Waals surface area contributed by atoms with Crippen molar-refractivity contribution >= 4 is 22.6 Å². The third kappa shape index (κ3) is 3.15. The average molecular weight is 376 g/mol. The highest BCUT2D eigenvalue weighted by molar-refractivity contribution is 6.32. The second kappa shape index (κ2) is 6.85. The molecule has 4 nitrogen and oxygen atoms in total. The van der Waals surface area contributed by atoms with Crippen molar-refractivity contribution in [3.05, 3.63) is 52.4 Å². The minimum absolute atomic E-state index is 0.119. The number of aromatic nitrogens is 3. The second-order valence-electron chi connectivity index (χ2n) is 6.37. The third-order valence-electron chi connectivity index (χ3n) is 4.61. The van der Waals surface area contributed by atoms with Crippen molar-refractivity contribution in [1.82, 2.24) is 15.0 Å². The van der Waals surface area contributed by atoms with Gasteiger partial charge in [0.25, 0.3) is 0 Å². The molecule has 1 aliphatic rings. The lowest BCUT2D eigenvalue weighted by Gasteiger charge is -2.21. The van der Waals surface area contributed by atoms with Gasteiger partial charge in [-0.3, -0.25) is 0 Å². The Hall–Kier alpha value is -2.18. The molecule has 0 saturated carbocycles. The van der Waals surface area contributed by atoms with E-state index in [2.05, 4.69) is 15.0 Å². The number of benzene rings is 1. The van der Waals surface area contributed by atoms with Crippen LogP contribution in [0, 0.1) is 18.6 Å². The molecule has 3 heterocycles. The molecule has 0 spiro atoms. The number of fused-ring (bicyclic) bond motifs is 1. The van der Waals surface area contributed by atoms with E-state index in [9.17, 15) is 8.78 Å². The minimum Gasteiger partial charge on any atom is -0.381 e. The summed E-state index contributed by atoms with van der Waals surface area (Å²) in [5.41, 5.74) is 1.68. The van der Waals surface area contributed by atoms with Gasteiger partial charge in [0.05, 0.1) is 16.4 Å². The Morgan fingerprint density at radius 2 is 1.85 bits per heavy atom. The Bertz CT molecular complexity index is 990. The standard InChI is InChI=1S/C19H16ClF2N3O/c1-10-15(20)9-14-17(13-3-2-12(21)8-16(13)22)24-18(25-19(14)23-10)11-4-6-26-7-5-11/h2-3,8-9,11H,4-7H2,1H3. The van der Waals surface area contributed by atoms with Gasteiger partial charge in [-0.1, -0.05) is 11.6 Å². The zero-order valence-electron chi connectivity index (χ0n) is 14.1. The van der Waals surface area contributed by atoms with Crippen LogP contribution in [0.4, 0.5) is 8.78 Å². The summed E-state index contributed by atoms with van der Waals surface area (Å²) in [5.74, 6) is -0.595. The van der Waals surface area contributed by atoms with E-state index in [4.69, 9.17) is 16.3 Å². The van der Waals surface area contributed by atoms with Crippen LogP contribution in [0.5, 0.6) is 0 Å². The van der Waals surface area contributed by atoms with Gasteiger partial charge in [-0.15, -0.1) is 0 Å². The Morgan fingerprint density at radius 3 is 2.58 bits per heavy atom. The fourth-order valence-corrected chi connectivity index (χ4v) is 3.31. The van der Waals surface area contributed by atoms with Crippen LogP contribution in [0.1, 0.15) is 30.3 Å². The molecule has 0 amide bonds. The highest BCUT2D eigenvalue weighted by Gasteiger charge is 2.23. The lowest BCUT2D eigenvalue weighted by Crippen LogP contribution is -2.17. The fraction of sp³-hybridized carbons (Fsp3) is 0.316. The van der Waals surface area contributed by atoms with E-state index in [0.717, 1.165) is 18.9 Å². The molecule has 0 unspecified atom stereocenters. The quantitative estimate of drug-likeness (QED) is 0.644. The summed E-state index contributed by atoms with van der Waals surface area (Å²) in [4.78, 5) is 13.7. The van der Waals surface area contributed by atoms with Crippen molar-refractivity contribution in [2.75, 3.05) is 13.2 Å². The maximum atomic E-state index is 14.4. The molecule has 1 saturated heterocycles. The van der Waals surface area contributed by atoms with Gasteiger partial charge >= 0.3 is 0 Å². The number of aryl methyl sites for hydroxylation is 1. The monoisotopic (exact) mass is 375 g/mol. The molecular weight excluding hydrogens is 360 g/mol. The van der Waals surface area contributed by atoms with E-state index in [0.29, 0.717) is 46.5 Å². The van der Waals surface area contributed by atoms with Gasteiger partial charge in [-0.2, -0.15) is 0 Å². The molecule has 2 aromatic heterocycles. The Kier molecular flexibility index (Phi) is 4.54. The SMILES string of the molecule is Cc1nc2nc(C3CCOCC3)nc(-c3ccc(F)cc3F)c2cc1Cl. The largest absolute Gasteiger partial charge is 0.381 e. The Balaban J connectivity index is 1.97. The summed E-state index contributed by atoms with van der Waals surface area (Å²) in [6, 6.07) is 5.13. The van der Waals surface area contributed by atoms with E-state index < -0.39 is 11.6 Å². The molecule has 26 heavy (non-hydrogen) atoms. The summed E-state index contributed by atoms with van der Waals surface area (Å²) < 4.78 is 33.2. The summed E-state index contributed by atoms with van der Waals surface area (Å²) in [6.07, 6.45) is 1.59. The van der Waals surface area contributed by atoms with Crippen LogP contribution in [-0.4, -0.2) is 28.2 Å². The van der Waals surface area contributed by atoms with Crippen molar-refractivity contribution in [1.29, 1.82) is 0 Å². The zero-order chi connectivity index (χ0) is 18.3. The number of halogens is 3. The molecule has 1 fully saturated rings. The summed E-state index contributed by atoms with van der Waals surface area (Å²) in [5, 5.41) is 0.991. The first kappa shape index (κ1) is 17.2. The third-order valence-corrected chi connectivity index (χ3v) is 4.99. The molecule has 0 atom stereocenters. The highest BCUT2D eigenvalue weighted by Crippen LogP contribution is 2.33. The lowest BCUT2D eigenvalue weighted by molar-refractivity contribution is 0.0836. The number of pyridine rings is 1. The first-order chi connectivity index (χ1) is 12.5. The predicted octanol–water partition coefficient (Wildman–Crippen LogP) is 4.83. The summed E-state index contributed by atoms with van der Waals surface area (Å²) in [7, 11) is 0. The molecule has 3 aromatic rings. The zero-order valence-corrected chi connectivity index (χ0v) is 14.9. The van der Waals surface area contributed by atoms with E-state index in [1.54, 1.807) is 13.0 Å². The van der Waals surface area contributed by atoms with Crippen LogP contribution >= 0.6 is 11.6 Å². The van der Waals surface area contributed by atoms with Crippen LogP contribution in [-0.2, 0) is 4.74 Å².